The van der Waals surface area contributed by atoms with Gasteiger partial charge in [0.2, 0.25) is 11.7 Å². The highest BCUT2D eigenvalue weighted by atomic mass is 16.5. The molecule has 0 aromatic carbocycles. The maximum Gasteiger partial charge on any atom is 0.243 e. The molecule has 0 amide bonds. The third kappa shape index (κ3) is 3.02. The van der Waals surface area contributed by atoms with Crippen molar-refractivity contribution >= 4 is 0 Å². The number of nitrogens with zero attached hydrogens (tertiary/aromatic N) is 2. The van der Waals surface area contributed by atoms with Crippen LogP contribution in [0.25, 0.3) is 0 Å². The topological polar surface area (TPSA) is 74.2 Å². The fraction of sp³-hybridized carbons (Fsp3) is 0.818. The summed E-state index contributed by atoms with van der Waals surface area (Å²) in [6.07, 6.45) is 1.84. The van der Waals surface area contributed by atoms with E-state index in [4.69, 9.17) is 15.0 Å². The lowest BCUT2D eigenvalue weighted by molar-refractivity contribution is -0.0221. The summed E-state index contributed by atoms with van der Waals surface area (Å²) in [4.78, 5) is 4.29. The van der Waals surface area contributed by atoms with Gasteiger partial charge >= 0.3 is 0 Å². The lowest BCUT2D eigenvalue weighted by atomic mass is 10.1. The molecule has 0 aliphatic heterocycles. The van der Waals surface area contributed by atoms with Gasteiger partial charge in [0, 0.05) is 6.61 Å². The van der Waals surface area contributed by atoms with Gasteiger partial charge in [-0.1, -0.05) is 18.5 Å². The molecule has 0 fully saturated rings. The molecule has 0 spiro atoms. The summed E-state index contributed by atoms with van der Waals surface area (Å²) in [5.41, 5.74) is 5.37. The highest BCUT2D eigenvalue weighted by Gasteiger charge is 2.28. The predicted molar refractivity (Wildman–Crippen MR) is 60.8 cm³/mol. The summed E-state index contributed by atoms with van der Waals surface area (Å²) in [5, 5.41) is 3.92. The Morgan fingerprint density at radius 2 is 2.12 bits per heavy atom. The van der Waals surface area contributed by atoms with Gasteiger partial charge in [0.1, 0.15) is 5.60 Å². The zero-order valence-electron chi connectivity index (χ0n) is 10.5. The largest absolute Gasteiger partial charge is 0.368 e. The number of aromatic nitrogens is 2. The van der Waals surface area contributed by atoms with E-state index in [-0.39, 0.29) is 6.04 Å². The lowest BCUT2D eigenvalue weighted by Gasteiger charge is -2.19. The molecular formula is C11H21N3O2. The molecule has 0 aliphatic carbocycles. The van der Waals surface area contributed by atoms with E-state index in [1.807, 2.05) is 20.8 Å². The van der Waals surface area contributed by atoms with Crippen LogP contribution in [-0.2, 0) is 10.3 Å². The molecular weight excluding hydrogens is 206 g/mol. The fourth-order valence-electron chi connectivity index (χ4n) is 1.49. The summed E-state index contributed by atoms with van der Waals surface area (Å²) >= 11 is 0. The Bertz CT molecular complexity index is 323. The average Bonchev–Trinajstić information content (AvgIpc) is 2.67. The molecule has 0 saturated heterocycles. The van der Waals surface area contributed by atoms with Crippen LogP contribution in [0, 0.1) is 0 Å². The first-order valence-corrected chi connectivity index (χ1v) is 5.74. The van der Waals surface area contributed by atoms with Crippen LogP contribution in [0.15, 0.2) is 4.52 Å². The molecule has 1 rings (SSSR count). The van der Waals surface area contributed by atoms with E-state index in [1.165, 1.54) is 0 Å². The summed E-state index contributed by atoms with van der Waals surface area (Å²) in [5.74, 6) is 1.04. The van der Waals surface area contributed by atoms with Gasteiger partial charge in [-0.2, -0.15) is 4.98 Å². The predicted octanol–water partition coefficient (Wildman–Crippen LogP) is 2.14. The number of hydrogen-bond donors (Lipinski definition) is 1. The van der Waals surface area contributed by atoms with Gasteiger partial charge in [-0.05, 0) is 27.2 Å². The van der Waals surface area contributed by atoms with Gasteiger partial charge in [-0.3, -0.25) is 0 Å². The van der Waals surface area contributed by atoms with E-state index in [9.17, 15) is 0 Å². The first kappa shape index (κ1) is 13.1. The first-order valence-electron chi connectivity index (χ1n) is 5.74. The Kier molecular flexibility index (Phi) is 4.44. The minimum absolute atomic E-state index is 0.177. The van der Waals surface area contributed by atoms with E-state index in [2.05, 4.69) is 17.1 Å². The summed E-state index contributed by atoms with van der Waals surface area (Å²) in [6, 6.07) is -0.177. The third-order valence-electron chi connectivity index (χ3n) is 2.40. The lowest BCUT2D eigenvalue weighted by Crippen LogP contribution is -2.23. The average molecular weight is 227 g/mol. The molecule has 0 unspecified atom stereocenters. The maximum atomic E-state index is 5.90. The highest BCUT2D eigenvalue weighted by Crippen LogP contribution is 2.23. The summed E-state index contributed by atoms with van der Waals surface area (Å²) in [7, 11) is 0. The van der Waals surface area contributed by atoms with Crippen LogP contribution in [0.3, 0.4) is 0 Å². The van der Waals surface area contributed by atoms with Crippen molar-refractivity contribution in [1.29, 1.82) is 0 Å². The maximum absolute atomic E-state index is 5.90. The van der Waals surface area contributed by atoms with Crippen molar-refractivity contribution < 1.29 is 9.26 Å². The van der Waals surface area contributed by atoms with E-state index < -0.39 is 5.60 Å². The summed E-state index contributed by atoms with van der Waals surface area (Å²) < 4.78 is 10.7. The molecule has 0 bridgehead atoms. The minimum atomic E-state index is -0.525. The Morgan fingerprint density at radius 1 is 1.44 bits per heavy atom. The summed E-state index contributed by atoms with van der Waals surface area (Å²) in [6.45, 7) is 8.44. The number of hydrogen-bond acceptors (Lipinski definition) is 5. The van der Waals surface area contributed by atoms with Gasteiger partial charge in [0.25, 0.3) is 0 Å². The monoisotopic (exact) mass is 227 g/mol. The van der Waals surface area contributed by atoms with Gasteiger partial charge in [-0.25, -0.2) is 0 Å². The molecule has 5 heteroatoms. The molecule has 0 aliphatic rings. The van der Waals surface area contributed by atoms with Crippen molar-refractivity contribution in [2.24, 2.45) is 5.73 Å². The molecule has 5 nitrogen and oxygen atoms in total. The van der Waals surface area contributed by atoms with Crippen LogP contribution in [0.1, 0.15) is 58.3 Å². The fourth-order valence-corrected chi connectivity index (χ4v) is 1.49. The van der Waals surface area contributed by atoms with Crippen LogP contribution < -0.4 is 5.73 Å². The SMILES string of the molecule is CCC[C@H](N)c1nc(C(C)(C)OCC)no1. The molecule has 0 saturated carbocycles. The first-order chi connectivity index (χ1) is 7.51. The van der Waals surface area contributed by atoms with E-state index >= 15 is 0 Å². The van der Waals surface area contributed by atoms with Crippen molar-refractivity contribution in [2.75, 3.05) is 6.61 Å². The zero-order valence-corrected chi connectivity index (χ0v) is 10.5. The van der Waals surface area contributed by atoms with Crippen molar-refractivity contribution in [3.63, 3.8) is 0 Å². The standard InChI is InChI=1S/C11H21N3O2/c1-5-7-8(12)9-13-10(14-16-9)11(3,4)15-6-2/h8H,5-7,12H2,1-4H3/t8-/m0/s1. The smallest absolute Gasteiger partial charge is 0.243 e. The van der Waals surface area contributed by atoms with Crippen LogP contribution in [0.4, 0.5) is 0 Å². The van der Waals surface area contributed by atoms with Crippen molar-refractivity contribution in [1.82, 2.24) is 10.1 Å². The van der Waals surface area contributed by atoms with Gasteiger partial charge in [0.05, 0.1) is 6.04 Å². The van der Waals surface area contributed by atoms with Crippen molar-refractivity contribution in [3.8, 4) is 0 Å². The van der Waals surface area contributed by atoms with Gasteiger partial charge in [0.15, 0.2) is 0 Å². The quantitative estimate of drug-likeness (QED) is 0.805. The Labute approximate surface area is 96.4 Å². The second-order valence-corrected chi connectivity index (χ2v) is 4.29. The molecule has 1 aromatic rings. The molecule has 1 atom stereocenters. The van der Waals surface area contributed by atoms with Crippen LogP contribution in [0.2, 0.25) is 0 Å². The number of rotatable bonds is 6. The number of nitrogens with two attached hydrogens (primary N) is 1. The molecule has 92 valence electrons. The second-order valence-electron chi connectivity index (χ2n) is 4.29. The van der Waals surface area contributed by atoms with Crippen LogP contribution >= 0.6 is 0 Å². The molecule has 0 radical (unpaired) electrons. The van der Waals surface area contributed by atoms with Gasteiger partial charge in [-0.15, -0.1) is 0 Å². The van der Waals surface area contributed by atoms with Crippen molar-refractivity contribution in [2.45, 2.75) is 52.2 Å². The van der Waals surface area contributed by atoms with E-state index in [1.54, 1.807) is 0 Å². The Hall–Kier alpha value is -0.940. The van der Waals surface area contributed by atoms with E-state index in [0.29, 0.717) is 18.3 Å². The third-order valence-corrected chi connectivity index (χ3v) is 2.40. The van der Waals surface area contributed by atoms with Crippen LogP contribution in [-0.4, -0.2) is 16.7 Å². The van der Waals surface area contributed by atoms with Crippen molar-refractivity contribution in [3.05, 3.63) is 11.7 Å². The molecule has 1 aromatic heterocycles. The Morgan fingerprint density at radius 3 is 2.69 bits per heavy atom. The molecule has 16 heavy (non-hydrogen) atoms. The highest BCUT2D eigenvalue weighted by molar-refractivity contribution is 4.99. The Balaban J connectivity index is 2.78. The van der Waals surface area contributed by atoms with Gasteiger partial charge < -0.3 is 15.0 Å². The molecule has 2 N–H and O–H groups in total. The van der Waals surface area contributed by atoms with Crippen LogP contribution in [0.5, 0.6) is 0 Å². The molecule has 1 heterocycles. The second kappa shape index (κ2) is 5.41. The number of ether oxygens (including phenoxy) is 1. The van der Waals surface area contributed by atoms with E-state index in [0.717, 1.165) is 12.8 Å². The minimum Gasteiger partial charge on any atom is -0.368 e. The zero-order chi connectivity index (χ0) is 12.2. The normalized spacial score (nSPS) is 14.1.